The van der Waals surface area contributed by atoms with Crippen molar-refractivity contribution in [2.75, 3.05) is 37.0 Å². The van der Waals surface area contributed by atoms with E-state index < -0.39 is 9.84 Å². The number of nitrogens with zero attached hydrogens (tertiary/aromatic N) is 3. The molecule has 5 rings (SSSR count). The van der Waals surface area contributed by atoms with Crippen molar-refractivity contribution in [3.63, 3.8) is 0 Å². The Hall–Kier alpha value is -3.65. The van der Waals surface area contributed by atoms with Gasteiger partial charge < -0.3 is 20.1 Å². The van der Waals surface area contributed by atoms with Gasteiger partial charge in [0.25, 0.3) is 0 Å². The van der Waals surface area contributed by atoms with Crippen LogP contribution in [0.3, 0.4) is 0 Å². The third kappa shape index (κ3) is 8.75. The molecule has 5 aromatic rings. The van der Waals surface area contributed by atoms with E-state index in [4.69, 9.17) is 14.5 Å². The van der Waals surface area contributed by atoms with E-state index in [2.05, 4.69) is 36.5 Å². The first-order valence-corrected chi connectivity index (χ1v) is 17.9. The van der Waals surface area contributed by atoms with Gasteiger partial charge in [-0.15, -0.1) is 11.3 Å². The molecule has 13 heteroatoms. The summed E-state index contributed by atoms with van der Waals surface area (Å²) in [5.74, 6) is 1.93. The predicted octanol–water partition coefficient (Wildman–Crippen LogP) is 6.94. The highest BCUT2D eigenvalue weighted by atomic mass is 79.9. The summed E-state index contributed by atoms with van der Waals surface area (Å²) in [6.45, 7) is 3.08. The average Bonchev–Trinajstić information content (AvgIpc) is 3.50. The van der Waals surface area contributed by atoms with E-state index in [1.54, 1.807) is 31.4 Å². The minimum Gasteiger partial charge on any atom is -0.496 e. The molecular weight excluding hydrogens is 681 g/mol. The van der Waals surface area contributed by atoms with Crippen molar-refractivity contribution >= 4 is 59.5 Å². The number of hydrogen-bond donors (Lipinski definition) is 2. The Bertz CT molecular complexity index is 1890. The fraction of sp³-hybridized carbons (Fsp3) is 0.281. The van der Waals surface area contributed by atoms with Gasteiger partial charge in [-0.3, -0.25) is 0 Å². The van der Waals surface area contributed by atoms with Gasteiger partial charge in [0.2, 0.25) is 0 Å². The number of methoxy groups -OCH3 is 1. The highest BCUT2D eigenvalue weighted by Gasteiger charge is 2.16. The minimum atomic E-state index is -2.96. The Morgan fingerprint density at radius 2 is 1.91 bits per heavy atom. The van der Waals surface area contributed by atoms with Crippen molar-refractivity contribution in [1.82, 2.24) is 20.3 Å². The van der Waals surface area contributed by atoms with E-state index in [9.17, 15) is 12.8 Å². The normalized spacial score (nSPS) is 11.6. The largest absolute Gasteiger partial charge is 0.496 e. The molecular formula is C32H33BrFN5O4S2. The van der Waals surface area contributed by atoms with Gasteiger partial charge in [-0.2, -0.15) is 0 Å². The van der Waals surface area contributed by atoms with Crippen molar-refractivity contribution in [3.05, 3.63) is 87.2 Å². The number of halogens is 2. The fourth-order valence-corrected chi connectivity index (χ4v) is 6.66. The van der Waals surface area contributed by atoms with E-state index in [0.29, 0.717) is 29.4 Å². The minimum absolute atomic E-state index is 0.155. The molecule has 0 bridgehead atoms. The molecule has 2 heterocycles. The van der Waals surface area contributed by atoms with Gasteiger partial charge in [-0.05, 0) is 70.9 Å². The maximum atomic E-state index is 13.5. The summed E-state index contributed by atoms with van der Waals surface area (Å²) >= 11 is 5.16. The number of nitrogens with one attached hydrogen (secondary N) is 2. The molecule has 0 aliphatic heterocycles. The molecule has 236 valence electrons. The topological polar surface area (TPSA) is 115 Å². The van der Waals surface area contributed by atoms with Gasteiger partial charge in [-0.1, -0.05) is 19.1 Å². The highest BCUT2D eigenvalue weighted by molar-refractivity contribution is 9.10. The maximum absolute atomic E-state index is 13.5. The molecule has 0 unspecified atom stereocenters. The lowest BCUT2D eigenvalue weighted by molar-refractivity contribution is 0.303. The van der Waals surface area contributed by atoms with Crippen molar-refractivity contribution in [1.29, 1.82) is 0 Å². The number of hydrogen-bond acceptors (Lipinski definition) is 10. The second-order valence-corrected chi connectivity index (χ2v) is 14.5. The molecule has 0 saturated carbocycles. The predicted molar refractivity (Wildman–Crippen MR) is 181 cm³/mol. The smallest absolute Gasteiger partial charge is 0.151 e. The third-order valence-electron chi connectivity index (χ3n) is 7.04. The fourth-order valence-electron chi connectivity index (χ4n) is 4.58. The zero-order chi connectivity index (χ0) is 31.8. The van der Waals surface area contributed by atoms with Gasteiger partial charge in [0, 0.05) is 46.8 Å². The Balaban J connectivity index is 1.28. The van der Waals surface area contributed by atoms with Crippen LogP contribution >= 0.6 is 27.3 Å². The van der Waals surface area contributed by atoms with Crippen molar-refractivity contribution in [3.8, 4) is 22.8 Å². The second kappa shape index (κ2) is 15.1. The van der Waals surface area contributed by atoms with Crippen LogP contribution in [0.25, 0.3) is 22.2 Å². The summed E-state index contributed by atoms with van der Waals surface area (Å²) in [6.07, 6.45) is 3.13. The molecule has 0 radical (unpaired) electrons. The van der Waals surface area contributed by atoms with Gasteiger partial charge in [0.15, 0.2) is 9.84 Å². The van der Waals surface area contributed by atoms with Crippen molar-refractivity contribution < 1.29 is 22.3 Å². The molecule has 0 amide bonds. The van der Waals surface area contributed by atoms with Crippen LogP contribution in [0, 0.1) is 5.82 Å². The van der Waals surface area contributed by atoms with Crippen LogP contribution in [0.1, 0.15) is 23.9 Å². The number of ether oxygens (including phenoxy) is 2. The van der Waals surface area contributed by atoms with Gasteiger partial charge >= 0.3 is 0 Å². The van der Waals surface area contributed by atoms with Crippen LogP contribution in [0.2, 0.25) is 0 Å². The molecule has 2 N–H and O–H groups in total. The zero-order valence-electron chi connectivity index (χ0n) is 24.8. The van der Waals surface area contributed by atoms with Gasteiger partial charge in [-0.25, -0.2) is 27.8 Å². The van der Waals surface area contributed by atoms with E-state index >= 15 is 0 Å². The van der Waals surface area contributed by atoms with Crippen molar-refractivity contribution in [2.45, 2.75) is 26.4 Å². The quantitative estimate of drug-likeness (QED) is 0.111. The van der Waals surface area contributed by atoms with Crippen LogP contribution in [0.15, 0.2) is 70.8 Å². The molecule has 45 heavy (non-hydrogen) atoms. The highest BCUT2D eigenvalue weighted by Crippen LogP contribution is 2.37. The first-order chi connectivity index (χ1) is 21.7. The van der Waals surface area contributed by atoms with E-state index in [-0.39, 0.29) is 23.9 Å². The third-order valence-corrected chi connectivity index (χ3v) is 10.3. The number of aromatic nitrogens is 3. The average molecular weight is 715 g/mol. The SMILES string of the molecule is CCS(=O)(=O)CCNCCCc1nc(-c2cc3c(Nc4ccc(OCc5cccc(F)c5)c(Br)c4)ncnc3cc2OC)cs1. The number of benzene rings is 3. The molecule has 0 atom stereocenters. The molecule has 0 fully saturated rings. The van der Waals surface area contributed by atoms with Crippen LogP contribution < -0.4 is 20.1 Å². The summed E-state index contributed by atoms with van der Waals surface area (Å²) in [5, 5.41) is 10.4. The Morgan fingerprint density at radius 3 is 2.69 bits per heavy atom. The van der Waals surface area contributed by atoms with Crippen molar-refractivity contribution in [2.24, 2.45) is 0 Å². The molecule has 3 aromatic carbocycles. The first kappa shape index (κ1) is 32.7. The monoisotopic (exact) mass is 713 g/mol. The molecule has 2 aromatic heterocycles. The van der Waals surface area contributed by atoms with E-state index in [1.807, 2.05) is 41.8 Å². The summed E-state index contributed by atoms with van der Waals surface area (Å²) in [7, 11) is -1.34. The van der Waals surface area contributed by atoms with Crippen LogP contribution in [-0.2, 0) is 22.9 Å². The maximum Gasteiger partial charge on any atom is 0.151 e. The number of rotatable bonds is 15. The molecule has 0 aliphatic carbocycles. The standard InChI is InChI=1S/C32H33BrFN5O4S2/c1-3-45(40,41)13-12-35-11-5-8-31-39-28(19-44-31)24-16-25-27(17-30(24)42-2)36-20-37-32(25)38-23-9-10-29(26(33)15-23)43-18-21-6-4-7-22(34)14-21/h4,6-7,9-10,14-17,19-20,35H,3,5,8,11-13,18H2,1-2H3,(H,36,37,38). The van der Waals surface area contributed by atoms with E-state index in [1.165, 1.54) is 18.5 Å². The molecule has 0 saturated heterocycles. The number of anilines is 2. The lowest BCUT2D eigenvalue weighted by Gasteiger charge is -2.13. The number of fused-ring (bicyclic) bond motifs is 1. The molecule has 9 nitrogen and oxygen atoms in total. The van der Waals surface area contributed by atoms with Gasteiger partial charge in [0.05, 0.1) is 33.6 Å². The summed E-state index contributed by atoms with van der Waals surface area (Å²) in [4.78, 5) is 13.8. The Labute approximate surface area is 274 Å². The Morgan fingerprint density at radius 1 is 1.04 bits per heavy atom. The molecule has 0 aliphatic rings. The zero-order valence-corrected chi connectivity index (χ0v) is 28.1. The van der Waals surface area contributed by atoms with E-state index in [0.717, 1.165) is 56.8 Å². The summed E-state index contributed by atoms with van der Waals surface area (Å²) in [5.41, 5.74) is 3.87. The van der Waals surface area contributed by atoms with Crippen LogP contribution in [-0.4, -0.2) is 55.1 Å². The summed E-state index contributed by atoms with van der Waals surface area (Å²) in [6, 6.07) is 15.8. The van der Waals surface area contributed by atoms with Crippen LogP contribution in [0.5, 0.6) is 11.5 Å². The van der Waals surface area contributed by atoms with Gasteiger partial charge in [0.1, 0.15) is 36.1 Å². The second-order valence-electron chi connectivity index (χ2n) is 10.2. The lowest BCUT2D eigenvalue weighted by Crippen LogP contribution is -2.24. The number of aryl methyl sites for hydroxylation is 1. The summed E-state index contributed by atoms with van der Waals surface area (Å²) < 4.78 is 49.2. The number of sulfone groups is 1. The number of thiazole rings is 1. The molecule has 0 spiro atoms. The lowest BCUT2D eigenvalue weighted by atomic mass is 10.1. The Kier molecular flexibility index (Phi) is 11.0. The first-order valence-electron chi connectivity index (χ1n) is 14.4. The van der Waals surface area contributed by atoms with Crippen LogP contribution in [0.4, 0.5) is 15.9 Å².